The van der Waals surface area contributed by atoms with Crippen LogP contribution in [0, 0.1) is 5.41 Å². The van der Waals surface area contributed by atoms with E-state index in [1.54, 1.807) is 18.2 Å². The Morgan fingerprint density at radius 1 is 1.11 bits per heavy atom. The van der Waals surface area contributed by atoms with Crippen LogP contribution in [0.4, 0.5) is 0 Å². The third kappa shape index (κ3) is 3.63. The maximum atomic E-state index is 7.34. The number of benzene rings is 2. The lowest BCUT2D eigenvalue weighted by Gasteiger charge is -2.08. The van der Waals surface area contributed by atoms with Gasteiger partial charge in [0.15, 0.2) is 0 Å². The summed E-state index contributed by atoms with van der Waals surface area (Å²) in [5.41, 5.74) is 6.90. The number of nitrogens with two attached hydrogens (primary N) is 1. The molecular formula is C14H12Cl2N2O. The number of nitrogens with one attached hydrogen (secondary N) is 1. The molecule has 0 unspecified atom stereocenters. The molecule has 2 aromatic carbocycles. The first-order valence-electron chi connectivity index (χ1n) is 5.57. The molecule has 0 aliphatic heterocycles. The first-order valence-corrected chi connectivity index (χ1v) is 6.33. The maximum Gasteiger partial charge on any atom is 0.124 e. The van der Waals surface area contributed by atoms with E-state index in [2.05, 4.69) is 0 Å². The molecule has 0 radical (unpaired) electrons. The predicted molar refractivity (Wildman–Crippen MR) is 78.3 cm³/mol. The monoisotopic (exact) mass is 294 g/mol. The molecule has 0 saturated carbocycles. The van der Waals surface area contributed by atoms with Crippen LogP contribution in [-0.2, 0) is 6.61 Å². The van der Waals surface area contributed by atoms with Crippen LogP contribution in [0.15, 0.2) is 42.5 Å². The van der Waals surface area contributed by atoms with Crippen molar-refractivity contribution in [2.75, 3.05) is 0 Å². The fraction of sp³-hybridized carbons (Fsp3) is 0.0714. The third-order valence-electron chi connectivity index (χ3n) is 2.55. The zero-order chi connectivity index (χ0) is 13.8. The summed E-state index contributed by atoms with van der Waals surface area (Å²) in [4.78, 5) is 0. The van der Waals surface area contributed by atoms with Gasteiger partial charge >= 0.3 is 0 Å². The third-order valence-corrected chi connectivity index (χ3v) is 3.11. The van der Waals surface area contributed by atoms with Gasteiger partial charge in [-0.25, -0.2) is 0 Å². The average Bonchev–Trinajstić information content (AvgIpc) is 2.37. The Hall–Kier alpha value is -1.71. The van der Waals surface area contributed by atoms with Crippen LogP contribution in [0.1, 0.15) is 11.1 Å². The van der Waals surface area contributed by atoms with E-state index in [0.29, 0.717) is 28.0 Å². The maximum absolute atomic E-state index is 7.34. The van der Waals surface area contributed by atoms with Gasteiger partial charge in [-0.05, 0) is 35.9 Å². The second kappa shape index (κ2) is 5.95. The van der Waals surface area contributed by atoms with Gasteiger partial charge in [0.25, 0.3) is 0 Å². The Labute approximate surface area is 121 Å². The molecule has 0 fully saturated rings. The molecule has 0 amide bonds. The van der Waals surface area contributed by atoms with Crippen LogP contribution in [-0.4, -0.2) is 5.84 Å². The summed E-state index contributed by atoms with van der Waals surface area (Å²) >= 11 is 11.8. The van der Waals surface area contributed by atoms with E-state index in [9.17, 15) is 0 Å². The summed E-state index contributed by atoms with van der Waals surface area (Å²) in [6, 6.07) is 12.5. The molecule has 98 valence electrons. The van der Waals surface area contributed by atoms with Gasteiger partial charge in [0.2, 0.25) is 0 Å². The molecule has 0 spiro atoms. The number of hydrogen-bond donors (Lipinski definition) is 2. The van der Waals surface area contributed by atoms with Crippen molar-refractivity contribution in [3.63, 3.8) is 0 Å². The standard InChI is InChI=1S/C14H12Cl2N2O/c15-10-3-1-9(2-4-10)8-19-11-5-6-12(14(17)18)13(16)7-11/h1-7H,8H2,(H3,17,18). The highest BCUT2D eigenvalue weighted by atomic mass is 35.5. The van der Waals surface area contributed by atoms with Crippen molar-refractivity contribution in [2.24, 2.45) is 5.73 Å². The van der Waals surface area contributed by atoms with E-state index < -0.39 is 0 Å². The molecule has 0 saturated heterocycles. The van der Waals surface area contributed by atoms with Crippen LogP contribution in [0.25, 0.3) is 0 Å². The highest BCUT2D eigenvalue weighted by Crippen LogP contribution is 2.23. The molecule has 0 aliphatic rings. The van der Waals surface area contributed by atoms with Crippen molar-refractivity contribution in [2.45, 2.75) is 6.61 Å². The van der Waals surface area contributed by atoms with Crippen molar-refractivity contribution < 1.29 is 4.74 Å². The van der Waals surface area contributed by atoms with Crippen LogP contribution in [0.3, 0.4) is 0 Å². The molecule has 0 atom stereocenters. The zero-order valence-corrected chi connectivity index (χ0v) is 11.5. The van der Waals surface area contributed by atoms with E-state index in [4.69, 9.17) is 39.1 Å². The van der Waals surface area contributed by atoms with Gasteiger partial charge in [-0.3, -0.25) is 5.41 Å². The summed E-state index contributed by atoms with van der Waals surface area (Å²) < 4.78 is 5.61. The quantitative estimate of drug-likeness (QED) is 0.664. The van der Waals surface area contributed by atoms with Crippen LogP contribution in [0.2, 0.25) is 10.0 Å². The minimum absolute atomic E-state index is 0.0609. The number of nitrogen functional groups attached to an aromatic ring is 1. The molecule has 3 N–H and O–H groups in total. The molecule has 0 heterocycles. The number of amidine groups is 1. The van der Waals surface area contributed by atoms with Gasteiger partial charge in [-0.2, -0.15) is 0 Å². The van der Waals surface area contributed by atoms with E-state index in [1.165, 1.54) is 0 Å². The number of rotatable bonds is 4. The second-order valence-corrected chi connectivity index (χ2v) is 4.81. The summed E-state index contributed by atoms with van der Waals surface area (Å²) in [5, 5.41) is 8.44. The highest BCUT2D eigenvalue weighted by molar-refractivity contribution is 6.34. The Morgan fingerprint density at radius 2 is 1.79 bits per heavy atom. The highest BCUT2D eigenvalue weighted by Gasteiger charge is 2.05. The minimum atomic E-state index is -0.0609. The van der Waals surface area contributed by atoms with Crippen molar-refractivity contribution in [3.8, 4) is 5.75 Å². The van der Waals surface area contributed by atoms with Gasteiger partial charge in [0.1, 0.15) is 18.2 Å². The molecule has 2 aromatic rings. The lowest BCUT2D eigenvalue weighted by molar-refractivity contribution is 0.306. The molecule has 0 aromatic heterocycles. The summed E-state index contributed by atoms with van der Waals surface area (Å²) in [7, 11) is 0. The van der Waals surface area contributed by atoms with Crippen molar-refractivity contribution in [1.82, 2.24) is 0 Å². The van der Waals surface area contributed by atoms with Crippen LogP contribution in [0.5, 0.6) is 5.75 Å². The predicted octanol–water partition coefficient (Wildman–Crippen LogP) is 3.86. The van der Waals surface area contributed by atoms with E-state index in [0.717, 1.165) is 5.56 Å². The Balaban J connectivity index is 2.06. The minimum Gasteiger partial charge on any atom is -0.489 e. The Bertz CT molecular complexity index is 597. The lowest BCUT2D eigenvalue weighted by Crippen LogP contribution is -2.11. The van der Waals surface area contributed by atoms with Gasteiger partial charge in [0.05, 0.1) is 5.02 Å². The van der Waals surface area contributed by atoms with Crippen LogP contribution < -0.4 is 10.5 Å². The normalized spacial score (nSPS) is 10.2. The average molecular weight is 295 g/mol. The van der Waals surface area contributed by atoms with Crippen LogP contribution >= 0.6 is 23.2 Å². The van der Waals surface area contributed by atoms with Gasteiger partial charge in [-0.1, -0.05) is 35.3 Å². The second-order valence-electron chi connectivity index (χ2n) is 3.97. The van der Waals surface area contributed by atoms with Gasteiger partial charge in [-0.15, -0.1) is 0 Å². The fourth-order valence-corrected chi connectivity index (χ4v) is 1.95. The van der Waals surface area contributed by atoms with Gasteiger partial charge in [0, 0.05) is 10.6 Å². The van der Waals surface area contributed by atoms with Crippen molar-refractivity contribution in [3.05, 3.63) is 63.6 Å². The first-order chi connectivity index (χ1) is 9.06. The molecular weight excluding hydrogens is 283 g/mol. The summed E-state index contributed by atoms with van der Waals surface area (Å²) in [6.45, 7) is 0.424. The largest absolute Gasteiger partial charge is 0.489 e. The molecule has 19 heavy (non-hydrogen) atoms. The molecule has 0 aliphatic carbocycles. The Kier molecular flexibility index (Phi) is 4.30. The number of ether oxygens (including phenoxy) is 1. The number of hydrogen-bond acceptors (Lipinski definition) is 2. The smallest absolute Gasteiger partial charge is 0.124 e. The zero-order valence-electron chi connectivity index (χ0n) is 9.99. The molecule has 2 rings (SSSR count). The molecule has 0 bridgehead atoms. The molecule has 3 nitrogen and oxygen atoms in total. The summed E-state index contributed by atoms with van der Waals surface area (Å²) in [5.74, 6) is 0.569. The Morgan fingerprint density at radius 3 is 2.37 bits per heavy atom. The van der Waals surface area contributed by atoms with Gasteiger partial charge < -0.3 is 10.5 Å². The van der Waals surface area contributed by atoms with E-state index in [1.807, 2.05) is 24.3 Å². The van der Waals surface area contributed by atoms with E-state index in [-0.39, 0.29) is 5.84 Å². The first kappa shape index (κ1) is 13.7. The SMILES string of the molecule is N=C(N)c1ccc(OCc2ccc(Cl)cc2)cc1Cl. The van der Waals surface area contributed by atoms with E-state index >= 15 is 0 Å². The molecule has 5 heteroatoms. The fourth-order valence-electron chi connectivity index (χ4n) is 1.55. The summed E-state index contributed by atoms with van der Waals surface area (Å²) in [6.07, 6.45) is 0. The van der Waals surface area contributed by atoms with Crippen molar-refractivity contribution >= 4 is 29.0 Å². The lowest BCUT2D eigenvalue weighted by atomic mass is 10.2. The number of halogens is 2. The topological polar surface area (TPSA) is 59.1 Å². The van der Waals surface area contributed by atoms with Crippen molar-refractivity contribution in [1.29, 1.82) is 5.41 Å².